The molecule has 0 fully saturated rings. The molecule has 1 rings (SSSR count). The summed E-state index contributed by atoms with van der Waals surface area (Å²) in [6.45, 7) is 0. The van der Waals surface area contributed by atoms with Crippen LogP contribution in [0.3, 0.4) is 0 Å². The molecule has 0 N–H and O–H groups in total. The third kappa shape index (κ3) is 2.92. The van der Waals surface area contributed by atoms with Gasteiger partial charge in [0.05, 0.1) is 12.1 Å². The number of hydrogen-bond acceptors (Lipinski definition) is 2. The molecule has 0 radical (unpaired) electrons. The molecule has 0 spiro atoms. The van der Waals surface area contributed by atoms with Crippen LogP contribution in [0, 0.1) is 0 Å². The fourth-order valence-corrected chi connectivity index (χ4v) is 0.730. The standard InChI is InChI=1S/C6H5FOS.Na/c7-9-6-3-1-5(8)2-4-6;/h1-4,8H;/q;+1/p-1. The second kappa shape index (κ2) is 5.02. The maximum absolute atomic E-state index is 11.7. The Hall–Kier alpha value is 0.300. The van der Waals surface area contributed by atoms with E-state index in [0.717, 1.165) is 0 Å². The number of benzene rings is 1. The summed E-state index contributed by atoms with van der Waals surface area (Å²) in [4.78, 5) is 0.467. The average Bonchev–Trinajstić information content (AvgIpc) is 1.90. The van der Waals surface area contributed by atoms with E-state index >= 15 is 0 Å². The number of halogens is 1. The van der Waals surface area contributed by atoms with Crippen LogP contribution in [0.25, 0.3) is 0 Å². The van der Waals surface area contributed by atoms with E-state index in [9.17, 15) is 8.99 Å². The summed E-state index contributed by atoms with van der Waals surface area (Å²) in [6, 6.07) is 5.57. The van der Waals surface area contributed by atoms with Crippen molar-refractivity contribution in [1.29, 1.82) is 0 Å². The van der Waals surface area contributed by atoms with Crippen molar-refractivity contribution >= 4 is 12.1 Å². The molecule has 0 bridgehead atoms. The SMILES string of the molecule is [Na+].[O-]c1ccc(SF)cc1. The van der Waals surface area contributed by atoms with Crippen molar-refractivity contribution in [2.24, 2.45) is 0 Å². The first-order chi connectivity index (χ1) is 4.33. The van der Waals surface area contributed by atoms with Crippen molar-refractivity contribution in [3.05, 3.63) is 24.3 Å². The quantitative estimate of drug-likeness (QED) is 0.486. The molecular formula is C6H4FNaOS. The van der Waals surface area contributed by atoms with Crippen LogP contribution in [0.4, 0.5) is 3.89 Å². The molecule has 4 heteroatoms. The molecule has 1 aromatic rings. The van der Waals surface area contributed by atoms with Gasteiger partial charge in [-0.05, 0) is 12.1 Å². The summed E-state index contributed by atoms with van der Waals surface area (Å²) >= 11 is 0.139. The van der Waals surface area contributed by atoms with E-state index in [4.69, 9.17) is 0 Å². The summed E-state index contributed by atoms with van der Waals surface area (Å²) in [6.07, 6.45) is 0. The van der Waals surface area contributed by atoms with Crippen molar-refractivity contribution in [2.45, 2.75) is 4.90 Å². The largest absolute Gasteiger partial charge is 1.00 e. The van der Waals surface area contributed by atoms with Crippen LogP contribution in [0.15, 0.2) is 29.2 Å². The molecule has 0 heterocycles. The normalized spacial score (nSPS) is 8.50. The van der Waals surface area contributed by atoms with Gasteiger partial charge in [-0.2, -0.15) is 3.89 Å². The van der Waals surface area contributed by atoms with Gasteiger partial charge < -0.3 is 5.11 Å². The van der Waals surface area contributed by atoms with Gasteiger partial charge in [0, 0.05) is 4.90 Å². The predicted molar refractivity (Wildman–Crippen MR) is 32.9 cm³/mol. The first kappa shape index (κ1) is 10.3. The van der Waals surface area contributed by atoms with Crippen LogP contribution in [-0.2, 0) is 0 Å². The minimum Gasteiger partial charge on any atom is -0.872 e. The van der Waals surface area contributed by atoms with Gasteiger partial charge in [0.25, 0.3) is 0 Å². The Labute approximate surface area is 85.2 Å². The predicted octanol–water partition coefficient (Wildman–Crippen LogP) is -1.26. The van der Waals surface area contributed by atoms with Crippen LogP contribution >= 0.6 is 12.1 Å². The van der Waals surface area contributed by atoms with Gasteiger partial charge in [-0.1, -0.05) is 12.1 Å². The Morgan fingerprint density at radius 1 is 1.20 bits per heavy atom. The van der Waals surface area contributed by atoms with Crippen LogP contribution in [0.1, 0.15) is 0 Å². The van der Waals surface area contributed by atoms with E-state index in [1.807, 2.05) is 0 Å². The maximum atomic E-state index is 11.7. The van der Waals surface area contributed by atoms with Gasteiger partial charge >= 0.3 is 29.6 Å². The van der Waals surface area contributed by atoms with E-state index < -0.39 is 0 Å². The van der Waals surface area contributed by atoms with Crippen molar-refractivity contribution in [3.8, 4) is 5.75 Å². The molecule has 0 atom stereocenters. The van der Waals surface area contributed by atoms with Gasteiger partial charge in [-0.3, -0.25) is 0 Å². The molecule has 48 valence electrons. The maximum Gasteiger partial charge on any atom is 1.00 e. The fourth-order valence-electron chi connectivity index (χ4n) is 0.491. The molecule has 0 aliphatic rings. The van der Waals surface area contributed by atoms with Crippen LogP contribution in [-0.4, -0.2) is 0 Å². The molecule has 0 aromatic heterocycles. The van der Waals surface area contributed by atoms with E-state index in [2.05, 4.69) is 0 Å². The zero-order chi connectivity index (χ0) is 6.69. The fraction of sp³-hybridized carbons (Fsp3) is 0. The van der Waals surface area contributed by atoms with Crippen LogP contribution in [0.2, 0.25) is 0 Å². The molecular weight excluding hydrogens is 162 g/mol. The number of rotatable bonds is 1. The Morgan fingerprint density at radius 3 is 2.10 bits per heavy atom. The van der Waals surface area contributed by atoms with Gasteiger partial charge in [-0.25, -0.2) is 0 Å². The van der Waals surface area contributed by atoms with Crippen molar-refractivity contribution < 1.29 is 38.5 Å². The molecule has 1 nitrogen and oxygen atoms in total. The second-order valence-corrected chi connectivity index (χ2v) is 2.17. The molecule has 0 saturated carbocycles. The zero-order valence-corrected chi connectivity index (χ0v) is 8.32. The monoisotopic (exact) mass is 166 g/mol. The molecule has 1 aromatic carbocycles. The third-order valence-electron chi connectivity index (χ3n) is 0.913. The van der Waals surface area contributed by atoms with Gasteiger partial charge in [0.15, 0.2) is 0 Å². The van der Waals surface area contributed by atoms with E-state index in [1.54, 1.807) is 0 Å². The first-order valence-corrected chi connectivity index (χ1v) is 3.10. The second-order valence-electron chi connectivity index (χ2n) is 1.55. The van der Waals surface area contributed by atoms with E-state index in [0.29, 0.717) is 4.90 Å². The molecule has 0 aliphatic heterocycles. The van der Waals surface area contributed by atoms with Gasteiger partial charge in [0.2, 0.25) is 0 Å². The molecule has 0 aliphatic carbocycles. The minimum absolute atomic E-state index is 0. The summed E-state index contributed by atoms with van der Waals surface area (Å²) in [5.41, 5.74) is 0. The Balaban J connectivity index is 0.000000810. The zero-order valence-electron chi connectivity index (χ0n) is 5.50. The minimum atomic E-state index is -0.0900. The van der Waals surface area contributed by atoms with Crippen LogP contribution in [0.5, 0.6) is 5.75 Å². The molecule has 0 unspecified atom stereocenters. The number of hydrogen-bond donors (Lipinski definition) is 0. The van der Waals surface area contributed by atoms with Crippen molar-refractivity contribution in [1.82, 2.24) is 0 Å². The molecule has 10 heavy (non-hydrogen) atoms. The summed E-state index contributed by atoms with van der Waals surface area (Å²) in [5.74, 6) is -0.0900. The van der Waals surface area contributed by atoms with Crippen molar-refractivity contribution in [3.63, 3.8) is 0 Å². The average molecular weight is 166 g/mol. The Morgan fingerprint density at radius 2 is 1.70 bits per heavy atom. The van der Waals surface area contributed by atoms with Crippen LogP contribution < -0.4 is 34.7 Å². The summed E-state index contributed by atoms with van der Waals surface area (Å²) in [7, 11) is 0. The Kier molecular flexibility index (Phi) is 5.17. The Bertz CT molecular complexity index is 189. The third-order valence-corrected chi connectivity index (χ3v) is 1.36. The summed E-state index contributed by atoms with van der Waals surface area (Å²) < 4.78 is 11.7. The van der Waals surface area contributed by atoms with E-state index in [-0.39, 0.29) is 47.5 Å². The molecule has 0 saturated heterocycles. The van der Waals surface area contributed by atoms with E-state index in [1.165, 1.54) is 24.3 Å². The topological polar surface area (TPSA) is 23.1 Å². The van der Waals surface area contributed by atoms with Gasteiger partial charge in [0.1, 0.15) is 0 Å². The van der Waals surface area contributed by atoms with Gasteiger partial charge in [-0.15, -0.1) is 5.75 Å². The summed E-state index contributed by atoms with van der Waals surface area (Å²) in [5, 5.41) is 10.4. The molecule has 0 amide bonds. The van der Waals surface area contributed by atoms with Crippen molar-refractivity contribution in [2.75, 3.05) is 0 Å². The first-order valence-electron chi connectivity index (χ1n) is 2.38. The smallest absolute Gasteiger partial charge is 0.872 e.